The molecule has 0 aromatic heterocycles. The van der Waals surface area contributed by atoms with Crippen molar-refractivity contribution in [2.45, 2.75) is 13.5 Å². The number of ether oxygens (including phenoxy) is 1. The number of carbonyl (C=O) groups excluding carboxylic acids is 1. The first kappa shape index (κ1) is 22.1. The molecule has 0 unspecified atom stereocenters. The Kier molecular flexibility index (Phi) is 6.73. The molecule has 5 heteroatoms. The number of anilines is 1. The van der Waals surface area contributed by atoms with Crippen molar-refractivity contribution in [3.8, 4) is 11.8 Å². The number of halogens is 1. The number of nitrogens with zero attached hydrogens (tertiary/aromatic N) is 1. The summed E-state index contributed by atoms with van der Waals surface area (Å²) in [5.74, 6) is 0.0969. The van der Waals surface area contributed by atoms with Gasteiger partial charge in [0.2, 0.25) is 0 Å². The van der Waals surface area contributed by atoms with Crippen molar-refractivity contribution in [3.63, 3.8) is 0 Å². The highest BCUT2D eigenvalue weighted by molar-refractivity contribution is 6.30. The Balaban J connectivity index is 1.69. The third-order valence-electron chi connectivity index (χ3n) is 5.16. The lowest BCUT2D eigenvalue weighted by Crippen LogP contribution is -2.13. The average Bonchev–Trinajstić information content (AvgIpc) is 2.83. The second-order valence-corrected chi connectivity index (χ2v) is 8.04. The first-order valence-corrected chi connectivity index (χ1v) is 10.8. The van der Waals surface area contributed by atoms with Crippen LogP contribution in [0.3, 0.4) is 0 Å². The normalized spacial score (nSPS) is 11.1. The van der Waals surface area contributed by atoms with Crippen LogP contribution in [0.5, 0.6) is 5.75 Å². The zero-order valence-corrected chi connectivity index (χ0v) is 18.8. The number of nitrogens with one attached hydrogen (secondary N) is 1. The van der Waals surface area contributed by atoms with E-state index in [4.69, 9.17) is 16.3 Å². The minimum Gasteiger partial charge on any atom is -0.488 e. The second kappa shape index (κ2) is 10.0. The highest BCUT2D eigenvalue weighted by Crippen LogP contribution is 2.31. The van der Waals surface area contributed by atoms with E-state index in [0.29, 0.717) is 28.6 Å². The van der Waals surface area contributed by atoms with Crippen LogP contribution in [0.2, 0.25) is 5.02 Å². The summed E-state index contributed by atoms with van der Waals surface area (Å²) in [5, 5.41) is 14.9. The van der Waals surface area contributed by atoms with Crippen LogP contribution < -0.4 is 10.1 Å². The van der Waals surface area contributed by atoms with Crippen LogP contribution in [-0.4, -0.2) is 5.91 Å². The van der Waals surface area contributed by atoms with E-state index in [1.807, 2.05) is 67.6 Å². The zero-order valence-electron chi connectivity index (χ0n) is 18.0. The Morgan fingerprint density at radius 1 is 1.03 bits per heavy atom. The van der Waals surface area contributed by atoms with Crippen LogP contribution >= 0.6 is 11.6 Å². The molecule has 4 aromatic rings. The summed E-state index contributed by atoms with van der Waals surface area (Å²) in [6, 6.07) is 28.5. The lowest BCUT2D eigenvalue weighted by Gasteiger charge is -2.13. The summed E-state index contributed by atoms with van der Waals surface area (Å²) < 4.78 is 6.14. The molecule has 33 heavy (non-hydrogen) atoms. The van der Waals surface area contributed by atoms with Gasteiger partial charge in [-0.1, -0.05) is 71.8 Å². The van der Waals surface area contributed by atoms with Crippen molar-refractivity contribution < 1.29 is 9.53 Å². The second-order valence-electron chi connectivity index (χ2n) is 7.61. The lowest BCUT2D eigenvalue weighted by atomic mass is 10.0. The molecule has 0 aliphatic rings. The molecule has 4 aromatic carbocycles. The van der Waals surface area contributed by atoms with Gasteiger partial charge in [-0.2, -0.15) is 5.26 Å². The Morgan fingerprint density at radius 2 is 1.82 bits per heavy atom. The maximum Gasteiger partial charge on any atom is 0.266 e. The summed E-state index contributed by atoms with van der Waals surface area (Å²) in [7, 11) is 0. The van der Waals surface area contributed by atoms with E-state index in [-0.39, 0.29) is 5.57 Å². The summed E-state index contributed by atoms with van der Waals surface area (Å²) >= 11 is 5.91. The molecule has 0 spiro atoms. The van der Waals surface area contributed by atoms with Crippen molar-refractivity contribution >= 4 is 40.0 Å². The Morgan fingerprint density at radius 3 is 2.58 bits per heavy atom. The van der Waals surface area contributed by atoms with E-state index in [9.17, 15) is 10.1 Å². The molecule has 0 heterocycles. The number of amides is 1. The molecule has 4 rings (SSSR count). The number of fused-ring (bicyclic) bond motifs is 1. The van der Waals surface area contributed by atoms with Gasteiger partial charge >= 0.3 is 0 Å². The largest absolute Gasteiger partial charge is 0.488 e. The Labute approximate surface area is 197 Å². The van der Waals surface area contributed by atoms with E-state index in [1.54, 1.807) is 30.3 Å². The predicted octanol–water partition coefficient (Wildman–Crippen LogP) is 6.93. The summed E-state index contributed by atoms with van der Waals surface area (Å²) in [6.45, 7) is 2.41. The number of hydrogen-bond donors (Lipinski definition) is 1. The summed E-state index contributed by atoms with van der Waals surface area (Å²) in [6.07, 6.45) is 1.58. The van der Waals surface area contributed by atoms with Crippen molar-refractivity contribution in [1.29, 1.82) is 5.26 Å². The number of hydrogen-bond acceptors (Lipinski definition) is 3. The van der Waals surface area contributed by atoms with E-state index in [1.165, 1.54) is 0 Å². The average molecular weight is 453 g/mol. The van der Waals surface area contributed by atoms with Crippen molar-refractivity contribution in [3.05, 3.63) is 112 Å². The van der Waals surface area contributed by atoms with Gasteiger partial charge in [-0.25, -0.2) is 0 Å². The molecule has 0 atom stereocenters. The zero-order chi connectivity index (χ0) is 23.2. The van der Waals surface area contributed by atoms with Gasteiger partial charge in [0.05, 0.1) is 0 Å². The van der Waals surface area contributed by atoms with Gasteiger partial charge in [-0.3, -0.25) is 4.79 Å². The Bertz CT molecular complexity index is 1390. The molecule has 0 bridgehead atoms. The van der Waals surface area contributed by atoms with Crippen molar-refractivity contribution in [2.24, 2.45) is 0 Å². The van der Waals surface area contributed by atoms with Gasteiger partial charge in [-0.15, -0.1) is 0 Å². The molecular formula is C28H21ClN2O2. The molecule has 1 N–H and O–H groups in total. The third-order valence-corrected chi connectivity index (χ3v) is 5.42. The van der Waals surface area contributed by atoms with Crippen LogP contribution in [0, 0.1) is 18.3 Å². The molecular weight excluding hydrogens is 432 g/mol. The van der Waals surface area contributed by atoms with Crippen molar-refractivity contribution in [1.82, 2.24) is 0 Å². The summed E-state index contributed by atoms with van der Waals surface area (Å²) in [4.78, 5) is 12.8. The van der Waals surface area contributed by atoms with Gasteiger partial charge < -0.3 is 10.1 Å². The summed E-state index contributed by atoms with van der Waals surface area (Å²) in [5.41, 5.74) is 3.41. The highest BCUT2D eigenvalue weighted by Gasteiger charge is 2.14. The van der Waals surface area contributed by atoms with Gasteiger partial charge in [0.25, 0.3) is 5.91 Å². The fourth-order valence-corrected chi connectivity index (χ4v) is 3.66. The van der Waals surface area contributed by atoms with E-state index < -0.39 is 5.91 Å². The molecule has 1 amide bonds. The fourth-order valence-electron chi connectivity index (χ4n) is 3.54. The predicted molar refractivity (Wildman–Crippen MR) is 133 cm³/mol. The number of carbonyl (C=O) groups is 1. The number of rotatable bonds is 6. The van der Waals surface area contributed by atoms with Gasteiger partial charge in [0.15, 0.2) is 0 Å². The van der Waals surface area contributed by atoms with Crippen molar-refractivity contribution in [2.75, 3.05) is 5.32 Å². The number of benzene rings is 4. The maximum atomic E-state index is 12.8. The Hall–Kier alpha value is -4.07. The molecule has 162 valence electrons. The van der Waals surface area contributed by atoms with Crippen LogP contribution in [0.25, 0.3) is 16.8 Å². The third kappa shape index (κ3) is 5.41. The first-order chi connectivity index (χ1) is 16.0. The van der Waals surface area contributed by atoms with Gasteiger partial charge in [0.1, 0.15) is 24.0 Å². The molecule has 0 radical (unpaired) electrons. The maximum absolute atomic E-state index is 12.8. The van der Waals surface area contributed by atoms with Crippen LogP contribution in [0.1, 0.15) is 16.7 Å². The SMILES string of the molecule is Cc1cccc(COc2ccc3ccccc3c2/C=C(\C#N)C(=O)Nc2ccc(Cl)cc2)c1. The van der Waals surface area contributed by atoms with Gasteiger partial charge in [0, 0.05) is 16.3 Å². The van der Waals surface area contributed by atoms with Crippen LogP contribution in [0.4, 0.5) is 5.69 Å². The lowest BCUT2D eigenvalue weighted by molar-refractivity contribution is -0.112. The van der Waals surface area contributed by atoms with E-state index in [0.717, 1.165) is 21.9 Å². The monoisotopic (exact) mass is 452 g/mol. The molecule has 0 aliphatic carbocycles. The highest BCUT2D eigenvalue weighted by atomic mass is 35.5. The molecule has 0 aliphatic heterocycles. The fraction of sp³-hybridized carbons (Fsp3) is 0.0714. The van der Waals surface area contributed by atoms with E-state index >= 15 is 0 Å². The van der Waals surface area contributed by atoms with Crippen LogP contribution in [0.15, 0.2) is 90.5 Å². The number of aryl methyl sites for hydroxylation is 1. The number of nitriles is 1. The quantitative estimate of drug-likeness (QED) is 0.255. The molecule has 0 fully saturated rings. The first-order valence-electron chi connectivity index (χ1n) is 10.4. The minimum absolute atomic E-state index is 0.0262. The molecule has 4 nitrogen and oxygen atoms in total. The standard InChI is InChI=1S/C28H21ClN2O2/c1-19-5-4-6-20(15-19)18-33-27-14-9-21-7-2-3-8-25(21)26(27)16-22(17-30)28(32)31-24-12-10-23(29)11-13-24/h2-16H,18H2,1H3,(H,31,32)/b22-16+. The molecule has 0 saturated carbocycles. The van der Waals surface area contributed by atoms with Gasteiger partial charge in [-0.05, 0) is 59.7 Å². The van der Waals surface area contributed by atoms with Crippen LogP contribution in [-0.2, 0) is 11.4 Å². The smallest absolute Gasteiger partial charge is 0.266 e. The minimum atomic E-state index is -0.502. The van der Waals surface area contributed by atoms with E-state index in [2.05, 4.69) is 11.4 Å². The topological polar surface area (TPSA) is 62.1 Å². The molecule has 0 saturated heterocycles.